The Balaban J connectivity index is 1.68. The molecule has 3 atom stereocenters. The molecule has 2 fully saturated rings. The second-order valence-electron chi connectivity index (χ2n) is 5.83. The highest BCUT2D eigenvalue weighted by Crippen LogP contribution is 2.37. The molecular formula is C16H18ClNO4. The number of halogens is 1. The molecule has 0 aromatic heterocycles. The number of carbonyl (C=O) groups is 2. The molecular weight excluding hydrogens is 306 g/mol. The third-order valence-corrected chi connectivity index (χ3v) is 4.74. The lowest BCUT2D eigenvalue weighted by Crippen LogP contribution is -2.50. The highest BCUT2D eigenvalue weighted by Gasteiger charge is 2.44. The van der Waals surface area contributed by atoms with E-state index < -0.39 is 11.9 Å². The molecule has 0 radical (unpaired) electrons. The van der Waals surface area contributed by atoms with E-state index in [1.165, 1.54) is 0 Å². The van der Waals surface area contributed by atoms with Gasteiger partial charge < -0.3 is 14.7 Å². The normalized spacial score (nSPS) is 28.0. The molecule has 1 aliphatic carbocycles. The third-order valence-electron chi connectivity index (χ3n) is 4.51. The summed E-state index contributed by atoms with van der Waals surface area (Å²) in [5.74, 6) is -1.84. The average Bonchev–Trinajstić information content (AvgIpc) is 2.45. The van der Waals surface area contributed by atoms with Crippen molar-refractivity contribution in [2.24, 2.45) is 11.8 Å². The summed E-state index contributed by atoms with van der Waals surface area (Å²) in [5, 5.41) is 9.74. The Labute approximate surface area is 133 Å². The zero-order valence-electron chi connectivity index (χ0n) is 12.1. The molecule has 2 aliphatic rings. The minimum Gasteiger partial charge on any atom is -0.481 e. The number of hydrogen-bond donors (Lipinski definition) is 1. The number of carbonyl (C=O) groups excluding carboxylic acids is 1. The maximum Gasteiger partial charge on any atom is 0.307 e. The largest absolute Gasteiger partial charge is 0.481 e. The van der Waals surface area contributed by atoms with Crippen LogP contribution in [0.25, 0.3) is 0 Å². The fraction of sp³-hybridized carbons (Fsp3) is 0.500. The van der Waals surface area contributed by atoms with Gasteiger partial charge in [-0.1, -0.05) is 23.7 Å². The molecule has 5 nitrogen and oxygen atoms in total. The van der Waals surface area contributed by atoms with Crippen molar-refractivity contribution in [1.29, 1.82) is 0 Å². The molecule has 1 saturated carbocycles. The number of hydrogen-bond acceptors (Lipinski definition) is 3. The summed E-state index contributed by atoms with van der Waals surface area (Å²) in [4.78, 5) is 25.3. The highest BCUT2D eigenvalue weighted by molar-refractivity contribution is 6.30. The van der Waals surface area contributed by atoms with Gasteiger partial charge in [0.05, 0.1) is 25.0 Å². The Kier molecular flexibility index (Phi) is 4.36. The molecule has 1 aromatic rings. The van der Waals surface area contributed by atoms with E-state index >= 15 is 0 Å². The molecule has 6 heteroatoms. The maximum absolute atomic E-state index is 12.5. The molecule has 22 heavy (non-hydrogen) atoms. The van der Waals surface area contributed by atoms with Gasteiger partial charge in [0.2, 0.25) is 5.91 Å². The number of benzene rings is 1. The van der Waals surface area contributed by atoms with Crippen LogP contribution in [0.5, 0.6) is 0 Å². The van der Waals surface area contributed by atoms with Gasteiger partial charge in [0.15, 0.2) is 0 Å². The smallest absolute Gasteiger partial charge is 0.307 e. The summed E-state index contributed by atoms with van der Waals surface area (Å²) >= 11 is 6.00. The molecule has 1 amide bonds. The minimum atomic E-state index is -0.871. The second kappa shape index (κ2) is 6.26. The van der Waals surface area contributed by atoms with Crippen molar-refractivity contribution in [1.82, 2.24) is 4.90 Å². The van der Waals surface area contributed by atoms with Gasteiger partial charge in [-0.05, 0) is 30.5 Å². The SMILES string of the molecule is O=C(O)C1CCC1C(=O)N1CCOC(c2cccc(Cl)c2)C1. The molecule has 1 heterocycles. The number of carboxylic acid groups (broad SMARTS) is 1. The van der Waals surface area contributed by atoms with Gasteiger partial charge in [0, 0.05) is 11.6 Å². The Morgan fingerprint density at radius 2 is 2.05 bits per heavy atom. The predicted molar refractivity (Wildman–Crippen MR) is 80.6 cm³/mol. The molecule has 1 saturated heterocycles. The van der Waals surface area contributed by atoms with Crippen LogP contribution in [0.2, 0.25) is 5.02 Å². The van der Waals surface area contributed by atoms with Gasteiger partial charge in [0.1, 0.15) is 6.10 Å². The lowest BCUT2D eigenvalue weighted by atomic mass is 9.73. The van der Waals surface area contributed by atoms with Gasteiger partial charge in [-0.3, -0.25) is 9.59 Å². The highest BCUT2D eigenvalue weighted by atomic mass is 35.5. The Morgan fingerprint density at radius 1 is 1.27 bits per heavy atom. The fourth-order valence-corrected chi connectivity index (χ4v) is 3.28. The summed E-state index contributed by atoms with van der Waals surface area (Å²) in [7, 11) is 0. The maximum atomic E-state index is 12.5. The first-order valence-corrected chi connectivity index (χ1v) is 7.82. The quantitative estimate of drug-likeness (QED) is 0.927. The van der Waals surface area contributed by atoms with Crippen LogP contribution in [0.15, 0.2) is 24.3 Å². The Morgan fingerprint density at radius 3 is 2.68 bits per heavy atom. The first kappa shape index (κ1) is 15.3. The van der Waals surface area contributed by atoms with E-state index in [4.69, 9.17) is 21.4 Å². The molecule has 1 aliphatic heterocycles. The van der Waals surface area contributed by atoms with E-state index in [9.17, 15) is 9.59 Å². The number of aliphatic carboxylic acids is 1. The summed E-state index contributed by atoms with van der Waals surface area (Å²) in [6, 6.07) is 7.41. The van der Waals surface area contributed by atoms with Gasteiger partial charge in [-0.15, -0.1) is 0 Å². The number of morpholine rings is 1. The van der Waals surface area contributed by atoms with Crippen LogP contribution >= 0.6 is 11.6 Å². The van der Waals surface area contributed by atoms with E-state index in [2.05, 4.69) is 0 Å². The number of ether oxygens (including phenoxy) is 1. The first-order valence-electron chi connectivity index (χ1n) is 7.45. The average molecular weight is 324 g/mol. The van der Waals surface area contributed by atoms with Gasteiger partial charge in [0.25, 0.3) is 0 Å². The Bertz CT molecular complexity index is 591. The van der Waals surface area contributed by atoms with Crippen LogP contribution in [0.1, 0.15) is 24.5 Å². The van der Waals surface area contributed by atoms with Crippen molar-refractivity contribution >= 4 is 23.5 Å². The van der Waals surface area contributed by atoms with Crippen LogP contribution in [0.4, 0.5) is 0 Å². The molecule has 3 unspecified atom stereocenters. The van der Waals surface area contributed by atoms with E-state index in [1.807, 2.05) is 18.2 Å². The van der Waals surface area contributed by atoms with E-state index in [-0.39, 0.29) is 17.9 Å². The van der Waals surface area contributed by atoms with Crippen LogP contribution in [-0.4, -0.2) is 41.6 Å². The fourth-order valence-electron chi connectivity index (χ4n) is 3.08. The van der Waals surface area contributed by atoms with Crippen molar-refractivity contribution in [3.63, 3.8) is 0 Å². The number of rotatable bonds is 3. The van der Waals surface area contributed by atoms with Crippen molar-refractivity contribution in [2.45, 2.75) is 18.9 Å². The van der Waals surface area contributed by atoms with E-state index in [0.717, 1.165) is 5.56 Å². The molecule has 1 aromatic carbocycles. The third kappa shape index (κ3) is 2.96. The standard InChI is InChI=1S/C16H18ClNO4/c17-11-3-1-2-10(8-11)14-9-18(6-7-22-14)15(19)12-4-5-13(12)16(20)21/h1-3,8,12-14H,4-7,9H2,(H,20,21). The van der Waals surface area contributed by atoms with Crippen LogP contribution in [-0.2, 0) is 14.3 Å². The number of carboxylic acids is 1. The molecule has 3 rings (SSSR count). The van der Waals surface area contributed by atoms with Crippen molar-refractivity contribution in [3.8, 4) is 0 Å². The minimum absolute atomic E-state index is 0.0611. The van der Waals surface area contributed by atoms with Crippen LogP contribution in [0, 0.1) is 11.8 Å². The monoisotopic (exact) mass is 323 g/mol. The first-order chi connectivity index (χ1) is 10.6. The van der Waals surface area contributed by atoms with Crippen molar-refractivity contribution in [2.75, 3.05) is 19.7 Å². The van der Waals surface area contributed by atoms with Gasteiger partial charge >= 0.3 is 5.97 Å². The van der Waals surface area contributed by atoms with Gasteiger partial charge in [-0.2, -0.15) is 0 Å². The van der Waals surface area contributed by atoms with Gasteiger partial charge in [-0.25, -0.2) is 0 Å². The molecule has 0 bridgehead atoms. The summed E-state index contributed by atoms with van der Waals surface area (Å²) in [6.45, 7) is 1.41. The molecule has 1 N–H and O–H groups in total. The Hall–Kier alpha value is -1.59. The van der Waals surface area contributed by atoms with Crippen molar-refractivity contribution in [3.05, 3.63) is 34.9 Å². The van der Waals surface area contributed by atoms with E-state index in [0.29, 0.717) is 37.6 Å². The topological polar surface area (TPSA) is 66.8 Å². The summed E-state index contributed by atoms with van der Waals surface area (Å²) < 4.78 is 5.74. The number of amides is 1. The zero-order valence-corrected chi connectivity index (χ0v) is 12.8. The lowest BCUT2D eigenvalue weighted by Gasteiger charge is -2.39. The summed E-state index contributed by atoms with van der Waals surface area (Å²) in [5.41, 5.74) is 0.938. The predicted octanol–water partition coefficient (Wildman–Crippen LogP) is 2.35. The van der Waals surface area contributed by atoms with E-state index in [1.54, 1.807) is 11.0 Å². The molecule has 0 spiro atoms. The number of nitrogens with zero attached hydrogens (tertiary/aromatic N) is 1. The zero-order chi connectivity index (χ0) is 15.7. The van der Waals surface area contributed by atoms with Crippen LogP contribution in [0.3, 0.4) is 0 Å². The lowest BCUT2D eigenvalue weighted by molar-refractivity contribution is -0.160. The van der Waals surface area contributed by atoms with Crippen molar-refractivity contribution < 1.29 is 19.4 Å². The van der Waals surface area contributed by atoms with Crippen LogP contribution < -0.4 is 0 Å². The summed E-state index contributed by atoms with van der Waals surface area (Å²) in [6.07, 6.45) is 1.04. The molecule has 118 valence electrons. The second-order valence-corrected chi connectivity index (χ2v) is 6.26.